The number of benzene rings is 2. The molecule has 3 aromatic rings. The first-order chi connectivity index (χ1) is 12.6. The average Bonchev–Trinajstić information content (AvgIpc) is 3.01. The van der Waals surface area contributed by atoms with Gasteiger partial charge in [-0.05, 0) is 37.1 Å². The molecule has 0 unspecified atom stereocenters. The average molecular weight is 431 g/mol. The summed E-state index contributed by atoms with van der Waals surface area (Å²) in [5.41, 5.74) is 2.99. The minimum Gasteiger partial charge on any atom is -0.483 e. The van der Waals surface area contributed by atoms with E-state index < -0.39 is 0 Å². The van der Waals surface area contributed by atoms with E-state index in [4.69, 9.17) is 4.74 Å². The zero-order chi connectivity index (χ0) is 18.5. The smallest absolute Gasteiger partial charge is 0.264 e. The molecule has 0 atom stereocenters. The molecule has 0 bridgehead atoms. The number of hydrogen-bond donors (Lipinski definition) is 1. The molecule has 0 fully saturated rings. The second-order valence-electron chi connectivity index (χ2n) is 5.73. The number of thiazole rings is 1. The van der Waals surface area contributed by atoms with Gasteiger partial charge in [-0.1, -0.05) is 53.2 Å². The lowest BCUT2D eigenvalue weighted by atomic mass is 10.1. The van der Waals surface area contributed by atoms with Crippen molar-refractivity contribution in [1.29, 1.82) is 0 Å². The lowest BCUT2D eigenvalue weighted by Gasteiger charge is -2.09. The molecule has 0 aliphatic carbocycles. The number of aromatic nitrogens is 1. The Morgan fingerprint density at radius 2 is 1.92 bits per heavy atom. The van der Waals surface area contributed by atoms with Gasteiger partial charge in [-0.2, -0.15) is 0 Å². The van der Waals surface area contributed by atoms with Crippen LogP contribution in [0.1, 0.15) is 17.4 Å². The number of para-hydroxylation sites is 1. The minimum absolute atomic E-state index is 0.0384. The summed E-state index contributed by atoms with van der Waals surface area (Å²) in [7, 11) is 0. The standard InChI is InChI=1S/C20H19BrN2O2S/c1-3-14-6-4-5-7-17(14)25-12-18(24)22-20-23-19(13(2)26-20)15-8-10-16(21)11-9-15/h4-11H,3,12H2,1-2H3,(H,22,23,24). The summed E-state index contributed by atoms with van der Waals surface area (Å²) in [6, 6.07) is 15.7. The molecule has 2 aromatic carbocycles. The molecule has 0 spiro atoms. The number of anilines is 1. The van der Waals surface area contributed by atoms with Crippen LogP contribution in [0.25, 0.3) is 11.3 Å². The van der Waals surface area contributed by atoms with E-state index >= 15 is 0 Å². The number of ether oxygens (including phenoxy) is 1. The van der Waals surface area contributed by atoms with Crippen molar-refractivity contribution in [1.82, 2.24) is 4.98 Å². The maximum atomic E-state index is 12.2. The molecule has 1 aromatic heterocycles. The summed E-state index contributed by atoms with van der Waals surface area (Å²) in [4.78, 5) is 17.8. The van der Waals surface area contributed by atoms with Crippen LogP contribution in [0.3, 0.4) is 0 Å². The molecule has 1 N–H and O–H groups in total. The lowest BCUT2D eigenvalue weighted by molar-refractivity contribution is -0.118. The molecule has 134 valence electrons. The third-order valence-corrected chi connectivity index (χ3v) is 5.29. The van der Waals surface area contributed by atoms with Gasteiger partial charge in [-0.25, -0.2) is 4.98 Å². The number of carbonyl (C=O) groups is 1. The summed E-state index contributed by atoms with van der Waals surface area (Å²) < 4.78 is 6.68. The normalized spacial score (nSPS) is 10.6. The number of aryl methyl sites for hydroxylation is 2. The van der Waals surface area contributed by atoms with Crippen molar-refractivity contribution in [3.8, 4) is 17.0 Å². The van der Waals surface area contributed by atoms with E-state index in [1.54, 1.807) is 0 Å². The van der Waals surface area contributed by atoms with Gasteiger partial charge in [0.15, 0.2) is 11.7 Å². The Hall–Kier alpha value is -2.18. The predicted molar refractivity (Wildman–Crippen MR) is 110 cm³/mol. The van der Waals surface area contributed by atoms with Crippen LogP contribution in [0.2, 0.25) is 0 Å². The number of carbonyl (C=O) groups excluding carboxylic acids is 1. The zero-order valence-corrected chi connectivity index (χ0v) is 17.0. The van der Waals surface area contributed by atoms with E-state index in [0.29, 0.717) is 5.13 Å². The van der Waals surface area contributed by atoms with Crippen molar-refractivity contribution >= 4 is 38.3 Å². The van der Waals surface area contributed by atoms with Gasteiger partial charge in [0, 0.05) is 14.9 Å². The second-order valence-corrected chi connectivity index (χ2v) is 7.85. The largest absolute Gasteiger partial charge is 0.483 e. The van der Waals surface area contributed by atoms with Crippen LogP contribution in [0, 0.1) is 6.92 Å². The number of hydrogen-bond acceptors (Lipinski definition) is 4. The molecule has 3 rings (SSSR count). The maximum absolute atomic E-state index is 12.2. The van der Waals surface area contributed by atoms with Crippen LogP contribution in [0.15, 0.2) is 53.0 Å². The summed E-state index contributed by atoms with van der Waals surface area (Å²) in [6.07, 6.45) is 0.861. The summed E-state index contributed by atoms with van der Waals surface area (Å²) in [6.45, 7) is 4.02. The Balaban J connectivity index is 1.65. The van der Waals surface area contributed by atoms with Crippen molar-refractivity contribution in [2.45, 2.75) is 20.3 Å². The Kier molecular flexibility index (Phi) is 6.06. The maximum Gasteiger partial charge on any atom is 0.264 e. The van der Waals surface area contributed by atoms with Crippen LogP contribution >= 0.6 is 27.3 Å². The Morgan fingerprint density at radius 1 is 1.19 bits per heavy atom. The van der Waals surface area contributed by atoms with Crippen molar-refractivity contribution in [2.75, 3.05) is 11.9 Å². The molecule has 4 nitrogen and oxygen atoms in total. The van der Waals surface area contributed by atoms with Crippen molar-refractivity contribution in [2.24, 2.45) is 0 Å². The Bertz CT molecular complexity index is 906. The minimum atomic E-state index is -0.216. The number of rotatable bonds is 6. The van der Waals surface area contributed by atoms with Crippen molar-refractivity contribution < 1.29 is 9.53 Å². The molecule has 0 aliphatic heterocycles. The van der Waals surface area contributed by atoms with Crippen molar-refractivity contribution in [3.05, 3.63) is 63.4 Å². The van der Waals surface area contributed by atoms with Gasteiger partial charge in [-0.3, -0.25) is 10.1 Å². The zero-order valence-electron chi connectivity index (χ0n) is 14.6. The van der Waals surface area contributed by atoms with Crippen LogP contribution in [-0.4, -0.2) is 17.5 Å². The summed E-state index contributed by atoms with van der Waals surface area (Å²) in [5.74, 6) is 0.531. The molecule has 0 saturated heterocycles. The molecular weight excluding hydrogens is 412 g/mol. The van der Waals surface area contributed by atoms with E-state index in [9.17, 15) is 4.79 Å². The first-order valence-corrected chi connectivity index (χ1v) is 9.91. The van der Waals surface area contributed by atoms with Gasteiger partial charge >= 0.3 is 0 Å². The van der Waals surface area contributed by atoms with Gasteiger partial charge in [0.1, 0.15) is 5.75 Å². The fraction of sp³-hybridized carbons (Fsp3) is 0.200. The Morgan fingerprint density at radius 3 is 2.65 bits per heavy atom. The van der Waals surface area contributed by atoms with Crippen LogP contribution in [-0.2, 0) is 11.2 Å². The number of amides is 1. The molecule has 0 aliphatic rings. The van der Waals surface area contributed by atoms with E-state index in [0.717, 1.165) is 38.3 Å². The first-order valence-electron chi connectivity index (χ1n) is 8.30. The number of halogens is 1. The Labute approximate surface area is 165 Å². The fourth-order valence-corrected chi connectivity index (χ4v) is 3.68. The van der Waals surface area contributed by atoms with Gasteiger partial charge in [-0.15, -0.1) is 11.3 Å². The van der Waals surface area contributed by atoms with E-state index in [-0.39, 0.29) is 12.5 Å². The highest BCUT2D eigenvalue weighted by atomic mass is 79.9. The highest BCUT2D eigenvalue weighted by molar-refractivity contribution is 9.10. The van der Waals surface area contributed by atoms with E-state index in [1.807, 2.05) is 55.5 Å². The molecule has 0 radical (unpaired) electrons. The number of nitrogens with zero attached hydrogens (tertiary/aromatic N) is 1. The molecular formula is C20H19BrN2O2S. The quantitative estimate of drug-likeness (QED) is 0.564. The van der Waals surface area contributed by atoms with Gasteiger partial charge in [0.25, 0.3) is 5.91 Å². The van der Waals surface area contributed by atoms with E-state index in [1.165, 1.54) is 11.3 Å². The van der Waals surface area contributed by atoms with Crippen LogP contribution in [0.4, 0.5) is 5.13 Å². The first kappa shape index (κ1) is 18.6. The van der Waals surface area contributed by atoms with Gasteiger partial charge in [0.2, 0.25) is 0 Å². The highest BCUT2D eigenvalue weighted by Gasteiger charge is 2.13. The van der Waals surface area contributed by atoms with Crippen LogP contribution < -0.4 is 10.1 Å². The number of nitrogens with one attached hydrogen (secondary N) is 1. The summed E-state index contributed by atoms with van der Waals surface area (Å²) in [5, 5.41) is 3.41. The van der Waals surface area contributed by atoms with E-state index in [2.05, 4.69) is 33.2 Å². The molecule has 6 heteroatoms. The molecule has 0 saturated carbocycles. The van der Waals surface area contributed by atoms with Crippen molar-refractivity contribution in [3.63, 3.8) is 0 Å². The summed E-state index contributed by atoms with van der Waals surface area (Å²) >= 11 is 4.89. The second kappa shape index (κ2) is 8.47. The fourth-order valence-electron chi connectivity index (χ4n) is 2.56. The predicted octanol–water partition coefficient (Wildman–Crippen LogP) is 5.46. The molecule has 1 amide bonds. The van der Waals surface area contributed by atoms with Gasteiger partial charge in [0.05, 0.1) is 5.69 Å². The highest BCUT2D eigenvalue weighted by Crippen LogP contribution is 2.31. The molecule has 1 heterocycles. The monoisotopic (exact) mass is 430 g/mol. The van der Waals surface area contributed by atoms with Gasteiger partial charge < -0.3 is 4.74 Å². The third-order valence-electron chi connectivity index (χ3n) is 3.87. The van der Waals surface area contributed by atoms with Crippen LogP contribution in [0.5, 0.6) is 5.75 Å². The topological polar surface area (TPSA) is 51.2 Å². The SMILES string of the molecule is CCc1ccccc1OCC(=O)Nc1nc(-c2ccc(Br)cc2)c(C)s1. The lowest BCUT2D eigenvalue weighted by Crippen LogP contribution is -2.20. The third kappa shape index (κ3) is 4.51. The molecule has 26 heavy (non-hydrogen) atoms.